The first-order valence-corrected chi connectivity index (χ1v) is 9.07. The first-order chi connectivity index (χ1) is 13.0. The number of esters is 1. The summed E-state index contributed by atoms with van der Waals surface area (Å²) in [4.78, 5) is 35.6. The molecule has 7 heteroatoms. The number of carbonyl (C=O) groups excluding carboxylic acids is 2. The maximum Gasteiger partial charge on any atom is 0.339 e. The van der Waals surface area contributed by atoms with Gasteiger partial charge in [0.05, 0.1) is 18.4 Å². The van der Waals surface area contributed by atoms with Crippen molar-refractivity contribution in [1.29, 1.82) is 0 Å². The number of benzene rings is 1. The number of nitrogens with zero attached hydrogens (tertiary/aromatic N) is 3. The van der Waals surface area contributed by atoms with Crippen LogP contribution in [0.3, 0.4) is 0 Å². The van der Waals surface area contributed by atoms with Crippen molar-refractivity contribution in [2.75, 3.05) is 30.4 Å². The molecular formula is C20H24N4O3. The number of aryl methyl sites for hydroxylation is 1. The second kappa shape index (κ2) is 8.16. The van der Waals surface area contributed by atoms with Gasteiger partial charge in [0.15, 0.2) is 0 Å². The van der Waals surface area contributed by atoms with E-state index in [2.05, 4.69) is 27.1 Å². The molecule has 1 amide bonds. The lowest BCUT2D eigenvalue weighted by Crippen LogP contribution is -2.35. The largest absolute Gasteiger partial charge is 0.465 e. The van der Waals surface area contributed by atoms with Crippen molar-refractivity contribution in [2.24, 2.45) is 5.92 Å². The van der Waals surface area contributed by atoms with E-state index in [9.17, 15) is 9.59 Å². The van der Waals surface area contributed by atoms with E-state index in [1.165, 1.54) is 13.5 Å². The van der Waals surface area contributed by atoms with Crippen LogP contribution in [0.5, 0.6) is 0 Å². The highest BCUT2D eigenvalue weighted by Gasteiger charge is 2.21. The Bertz CT molecular complexity index is 853. The van der Waals surface area contributed by atoms with E-state index in [0.717, 1.165) is 25.3 Å². The van der Waals surface area contributed by atoms with Gasteiger partial charge in [0.25, 0.3) is 5.91 Å². The summed E-state index contributed by atoms with van der Waals surface area (Å²) in [6.07, 6.45) is 2.32. The molecule has 1 atom stereocenters. The number of ether oxygens (including phenoxy) is 1. The highest BCUT2D eigenvalue weighted by atomic mass is 16.5. The Morgan fingerprint density at radius 2 is 2.04 bits per heavy atom. The van der Waals surface area contributed by atoms with Gasteiger partial charge in [-0.3, -0.25) is 4.79 Å². The summed E-state index contributed by atoms with van der Waals surface area (Å²) >= 11 is 0. The van der Waals surface area contributed by atoms with Gasteiger partial charge in [0, 0.05) is 19.2 Å². The number of hydrogen-bond acceptors (Lipinski definition) is 6. The molecule has 1 aliphatic rings. The van der Waals surface area contributed by atoms with E-state index < -0.39 is 5.97 Å². The minimum absolute atomic E-state index is 0.274. The summed E-state index contributed by atoms with van der Waals surface area (Å²) in [6.45, 7) is 5.84. The van der Waals surface area contributed by atoms with Crippen LogP contribution in [0.4, 0.5) is 11.5 Å². The molecule has 0 spiro atoms. The monoisotopic (exact) mass is 368 g/mol. The van der Waals surface area contributed by atoms with Crippen LogP contribution in [-0.4, -0.2) is 42.0 Å². The van der Waals surface area contributed by atoms with Crippen LogP contribution in [0.2, 0.25) is 0 Å². The molecule has 1 saturated heterocycles. The summed E-state index contributed by atoms with van der Waals surface area (Å²) in [7, 11) is 1.31. The number of nitrogens with one attached hydrogen (secondary N) is 1. The minimum atomic E-state index is -0.507. The van der Waals surface area contributed by atoms with Crippen molar-refractivity contribution in [3.63, 3.8) is 0 Å². The first-order valence-electron chi connectivity index (χ1n) is 9.07. The zero-order valence-corrected chi connectivity index (χ0v) is 15.9. The van der Waals surface area contributed by atoms with Gasteiger partial charge in [-0.25, -0.2) is 14.8 Å². The molecule has 2 heterocycles. The fourth-order valence-corrected chi connectivity index (χ4v) is 3.29. The Morgan fingerprint density at radius 3 is 2.78 bits per heavy atom. The van der Waals surface area contributed by atoms with Crippen molar-refractivity contribution in [1.82, 2.24) is 9.97 Å². The lowest BCUT2D eigenvalue weighted by Gasteiger charge is -2.32. The molecule has 1 N–H and O–H groups in total. The van der Waals surface area contributed by atoms with Crippen LogP contribution in [0.25, 0.3) is 0 Å². The van der Waals surface area contributed by atoms with Gasteiger partial charge in [-0.15, -0.1) is 0 Å². The highest BCUT2D eigenvalue weighted by molar-refractivity contribution is 6.07. The zero-order valence-electron chi connectivity index (χ0n) is 15.9. The molecular weight excluding hydrogens is 344 g/mol. The summed E-state index contributed by atoms with van der Waals surface area (Å²) < 4.78 is 4.77. The Morgan fingerprint density at radius 1 is 1.26 bits per heavy atom. The van der Waals surface area contributed by atoms with Gasteiger partial charge in [-0.1, -0.05) is 19.1 Å². The normalized spacial score (nSPS) is 16.7. The highest BCUT2D eigenvalue weighted by Crippen LogP contribution is 2.23. The number of hydrogen-bond donors (Lipinski definition) is 1. The number of amides is 1. The lowest BCUT2D eigenvalue weighted by atomic mass is 10.0. The number of piperidine rings is 1. The predicted octanol–water partition coefficient (Wildman–Crippen LogP) is 3.06. The van der Waals surface area contributed by atoms with Crippen LogP contribution >= 0.6 is 0 Å². The Balaban J connectivity index is 1.84. The van der Waals surface area contributed by atoms with Gasteiger partial charge >= 0.3 is 5.97 Å². The zero-order chi connectivity index (χ0) is 19.4. The summed E-state index contributed by atoms with van der Waals surface area (Å²) in [5.41, 5.74) is 0.957. The van der Waals surface area contributed by atoms with Crippen LogP contribution in [0, 0.1) is 12.8 Å². The Kier molecular flexibility index (Phi) is 5.69. The number of aromatic nitrogens is 2. The third-order valence-electron chi connectivity index (χ3n) is 4.62. The standard InChI is InChI=1S/C20H24N4O3/c1-13-7-6-10-24(12-13)18-11-17(21-14(2)22-18)19(25)23-16-9-5-4-8-15(16)20(26)27-3/h4-5,8-9,11,13H,6-7,10,12H2,1-3H3,(H,23,25). The molecule has 1 unspecified atom stereocenters. The summed E-state index contributed by atoms with van der Waals surface area (Å²) in [6, 6.07) is 8.43. The molecule has 1 fully saturated rings. The quantitative estimate of drug-likeness (QED) is 0.835. The van der Waals surface area contributed by atoms with E-state index in [1.807, 2.05) is 0 Å². The molecule has 1 aromatic carbocycles. The summed E-state index contributed by atoms with van der Waals surface area (Å²) in [5.74, 6) is 1.01. The molecule has 1 aliphatic heterocycles. The molecule has 0 aliphatic carbocycles. The van der Waals surface area contributed by atoms with E-state index in [0.29, 0.717) is 23.0 Å². The van der Waals surface area contributed by atoms with Gasteiger partial charge in [-0.2, -0.15) is 0 Å². The molecule has 0 radical (unpaired) electrons. The van der Waals surface area contributed by atoms with Crippen molar-refractivity contribution < 1.29 is 14.3 Å². The number of para-hydroxylation sites is 1. The van der Waals surface area contributed by atoms with Crippen LogP contribution < -0.4 is 10.2 Å². The molecule has 142 valence electrons. The third-order valence-corrected chi connectivity index (χ3v) is 4.62. The van der Waals surface area contributed by atoms with E-state index >= 15 is 0 Å². The fourth-order valence-electron chi connectivity index (χ4n) is 3.29. The topological polar surface area (TPSA) is 84.4 Å². The van der Waals surface area contributed by atoms with Crippen LogP contribution in [0.15, 0.2) is 30.3 Å². The molecule has 1 aromatic heterocycles. The SMILES string of the molecule is COC(=O)c1ccccc1NC(=O)c1cc(N2CCCC(C)C2)nc(C)n1. The maximum atomic E-state index is 12.8. The van der Waals surface area contributed by atoms with E-state index in [-0.39, 0.29) is 11.6 Å². The van der Waals surface area contributed by atoms with Crippen LogP contribution in [-0.2, 0) is 4.74 Å². The molecule has 3 rings (SSSR count). The van der Waals surface area contributed by atoms with Gasteiger partial charge in [0.2, 0.25) is 0 Å². The minimum Gasteiger partial charge on any atom is -0.465 e. The average Bonchev–Trinajstić information content (AvgIpc) is 2.67. The third kappa shape index (κ3) is 4.42. The number of rotatable bonds is 4. The van der Waals surface area contributed by atoms with Crippen molar-refractivity contribution in [3.05, 3.63) is 47.4 Å². The van der Waals surface area contributed by atoms with E-state index in [1.54, 1.807) is 37.3 Å². The number of methoxy groups -OCH3 is 1. The number of carbonyl (C=O) groups is 2. The molecule has 27 heavy (non-hydrogen) atoms. The van der Waals surface area contributed by atoms with Crippen LogP contribution in [0.1, 0.15) is 46.4 Å². The maximum absolute atomic E-state index is 12.8. The first kappa shape index (κ1) is 18.8. The number of anilines is 2. The van der Waals surface area contributed by atoms with Crippen molar-refractivity contribution in [2.45, 2.75) is 26.7 Å². The second-order valence-corrected chi connectivity index (χ2v) is 6.84. The van der Waals surface area contributed by atoms with E-state index in [4.69, 9.17) is 4.74 Å². The lowest BCUT2D eigenvalue weighted by molar-refractivity contribution is 0.0602. The Hall–Kier alpha value is -2.96. The van der Waals surface area contributed by atoms with Crippen molar-refractivity contribution >= 4 is 23.4 Å². The van der Waals surface area contributed by atoms with Crippen molar-refractivity contribution in [3.8, 4) is 0 Å². The molecule has 0 bridgehead atoms. The molecule has 7 nitrogen and oxygen atoms in total. The van der Waals surface area contributed by atoms with Gasteiger partial charge < -0.3 is 15.0 Å². The predicted molar refractivity (Wildman–Crippen MR) is 103 cm³/mol. The molecule has 0 saturated carbocycles. The smallest absolute Gasteiger partial charge is 0.339 e. The van der Waals surface area contributed by atoms with Gasteiger partial charge in [0.1, 0.15) is 17.3 Å². The average molecular weight is 368 g/mol. The Labute approximate surface area is 158 Å². The fraction of sp³-hybridized carbons (Fsp3) is 0.400. The summed E-state index contributed by atoms with van der Waals surface area (Å²) in [5, 5.41) is 2.76. The second-order valence-electron chi connectivity index (χ2n) is 6.84. The molecule has 2 aromatic rings. The van der Waals surface area contributed by atoms with Gasteiger partial charge in [-0.05, 0) is 37.8 Å².